The van der Waals surface area contributed by atoms with Crippen molar-refractivity contribution in [2.45, 2.75) is 45.8 Å². The highest BCUT2D eigenvalue weighted by atomic mass is 31.1. The normalized spacial score (nSPS) is 18.0. The molecular weight excluding hydrogens is 404 g/mol. The van der Waals surface area contributed by atoms with Crippen LogP contribution in [0.1, 0.15) is 34.6 Å². The number of hydrogen-bond donors (Lipinski definition) is 1. The summed E-state index contributed by atoms with van der Waals surface area (Å²) >= 11 is 0. The summed E-state index contributed by atoms with van der Waals surface area (Å²) < 4.78 is 19.8. The maximum absolute atomic E-state index is 12.5. The molecule has 11 heteroatoms. The number of aromatic nitrogens is 5. The molecule has 9 nitrogen and oxygen atoms in total. The fourth-order valence-electron chi connectivity index (χ4n) is 3.24. The van der Waals surface area contributed by atoms with Gasteiger partial charge in [-0.3, -0.25) is 4.79 Å². The van der Waals surface area contributed by atoms with E-state index in [4.69, 9.17) is 14.0 Å². The Morgan fingerprint density at radius 1 is 1.23 bits per heavy atom. The summed E-state index contributed by atoms with van der Waals surface area (Å²) in [5.41, 5.74) is 0.969. The van der Waals surface area contributed by atoms with Crippen LogP contribution in [0.3, 0.4) is 0 Å². The van der Waals surface area contributed by atoms with Gasteiger partial charge in [-0.25, -0.2) is 9.44 Å². The molecule has 4 rings (SSSR count). The predicted molar refractivity (Wildman–Crippen MR) is 118 cm³/mol. The molecule has 0 saturated carbocycles. The molecule has 30 heavy (non-hydrogen) atoms. The van der Waals surface area contributed by atoms with E-state index in [2.05, 4.69) is 20.3 Å². The predicted octanol–water partition coefficient (Wildman–Crippen LogP) is 1.95. The van der Waals surface area contributed by atoms with Gasteiger partial charge in [0.25, 0.3) is 5.56 Å². The summed E-state index contributed by atoms with van der Waals surface area (Å²) in [5, 5.41) is 7.92. The summed E-state index contributed by atoms with van der Waals surface area (Å²) in [5.74, 6) is 0.989. The molecule has 0 amide bonds. The molecular formula is C19H25BN5O4P. The van der Waals surface area contributed by atoms with E-state index in [1.54, 1.807) is 4.45 Å². The molecule has 1 aliphatic heterocycles. The van der Waals surface area contributed by atoms with Gasteiger partial charge in [-0.1, -0.05) is 11.3 Å². The van der Waals surface area contributed by atoms with Crippen molar-refractivity contribution in [2.24, 2.45) is 0 Å². The average Bonchev–Trinajstić information content (AvgIpc) is 3.19. The summed E-state index contributed by atoms with van der Waals surface area (Å²) in [4.78, 5) is 19.9. The highest BCUT2D eigenvalue weighted by molar-refractivity contribution is 7.35. The zero-order valence-electron chi connectivity index (χ0n) is 17.9. The molecule has 1 aliphatic rings. The summed E-state index contributed by atoms with van der Waals surface area (Å²) in [6.45, 7) is 12.4. The second-order valence-electron chi connectivity index (χ2n) is 8.09. The molecule has 0 radical (unpaired) electrons. The van der Waals surface area contributed by atoms with Gasteiger partial charge in [0.05, 0.1) is 23.4 Å². The number of benzene rings is 1. The second kappa shape index (κ2) is 7.44. The second-order valence-corrected chi connectivity index (χ2v) is 8.96. The van der Waals surface area contributed by atoms with Gasteiger partial charge in [-0.05, 0) is 58.9 Å². The van der Waals surface area contributed by atoms with Crippen molar-refractivity contribution < 1.29 is 14.0 Å². The lowest BCUT2D eigenvalue weighted by Gasteiger charge is -2.32. The Kier molecular flexibility index (Phi) is 5.20. The van der Waals surface area contributed by atoms with Crippen LogP contribution in [0.15, 0.2) is 23.0 Å². The number of hydrogen-bond acceptors (Lipinski definition) is 7. The molecule has 1 unspecified atom stereocenters. The average molecular weight is 429 g/mol. The lowest BCUT2D eigenvalue weighted by Crippen LogP contribution is -2.41. The SMILES string of the molecule is CCOc1cc(B2OC(C)(C)C(C)(C)O2)ccc1-c1nc2c(nnn2PC)c(=O)[nH]1. The van der Waals surface area contributed by atoms with Gasteiger partial charge in [-0.15, -0.1) is 5.10 Å². The van der Waals surface area contributed by atoms with E-state index in [0.29, 0.717) is 38.1 Å². The van der Waals surface area contributed by atoms with Crippen LogP contribution in [-0.2, 0) is 9.31 Å². The lowest BCUT2D eigenvalue weighted by molar-refractivity contribution is 0.00578. The standard InChI is InChI=1S/C19H25BN5O4P/c1-7-27-13-10-11(20-28-18(2,3)19(4,5)29-20)8-9-12(13)15-21-16-14(17(26)22-15)23-24-25(16)30-6/h8-10,30H,7H2,1-6H3,(H,21,22,26). The first-order valence-corrected chi connectivity index (χ1v) is 11.3. The Labute approximate surface area is 176 Å². The molecule has 158 valence electrons. The third kappa shape index (κ3) is 3.43. The van der Waals surface area contributed by atoms with E-state index in [0.717, 1.165) is 5.46 Å². The first kappa shape index (κ1) is 21.0. The van der Waals surface area contributed by atoms with Gasteiger partial charge in [0.15, 0.2) is 11.2 Å². The van der Waals surface area contributed by atoms with Crippen LogP contribution in [0.4, 0.5) is 0 Å². The molecule has 1 aromatic carbocycles. The Bertz CT molecular complexity index is 1140. The van der Waals surface area contributed by atoms with Crippen molar-refractivity contribution in [3.8, 4) is 17.1 Å². The van der Waals surface area contributed by atoms with Gasteiger partial charge < -0.3 is 19.0 Å². The van der Waals surface area contributed by atoms with E-state index in [9.17, 15) is 4.79 Å². The molecule has 0 aliphatic carbocycles. The Morgan fingerprint density at radius 2 is 1.93 bits per heavy atom. The van der Waals surface area contributed by atoms with Crippen LogP contribution in [0.25, 0.3) is 22.6 Å². The number of nitrogens with one attached hydrogen (secondary N) is 1. The highest BCUT2D eigenvalue weighted by Gasteiger charge is 2.51. The Morgan fingerprint density at radius 3 is 2.57 bits per heavy atom. The fourth-order valence-corrected chi connectivity index (χ4v) is 3.74. The van der Waals surface area contributed by atoms with E-state index in [1.165, 1.54) is 0 Å². The highest BCUT2D eigenvalue weighted by Crippen LogP contribution is 2.37. The number of rotatable bonds is 5. The maximum Gasteiger partial charge on any atom is 0.494 e. The topological polar surface area (TPSA) is 104 Å². The molecule has 0 spiro atoms. The lowest BCUT2D eigenvalue weighted by atomic mass is 9.78. The monoisotopic (exact) mass is 429 g/mol. The number of H-pyrrole nitrogens is 1. The summed E-state index contributed by atoms with van der Waals surface area (Å²) in [7, 11) is -0.200. The largest absolute Gasteiger partial charge is 0.494 e. The van der Waals surface area contributed by atoms with Crippen molar-refractivity contribution in [2.75, 3.05) is 13.3 Å². The van der Waals surface area contributed by atoms with E-state index >= 15 is 0 Å². The first-order valence-electron chi connectivity index (χ1n) is 9.83. The molecule has 0 bridgehead atoms. The third-order valence-corrected chi connectivity index (χ3v) is 6.33. The first-order chi connectivity index (χ1) is 14.2. The van der Waals surface area contributed by atoms with Gasteiger partial charge >= 0.3 is 7.12 Å². The number of aromatic amines is 1. The van der Waals surface area contributed by atoms with Crippen molar-refractivity contribution >= 4 is 32.5 Å². The molecule has 1 fully saturated rings. The molecule has 3 heterocycles. The third-order valence-electron chi connectivity index (χ3n) is 5.61. The van der Waals surface area contributed by atoms with Crippen LogP contribution in [-0.4, -0.2) is 56.3 Å². The maximum atomic E-state index is 12.5. The van der Waals surface area contributed by atoms with E-state index < -0.39 is 18.3 Å². The van der Waals surface area contributed by atoms with E-state index in [1.807, 2.05) is 59.5 Å². The van der Waals surface area contributed by atoms with Gasteiger partial charge in [-0.2, -0.15) is 0 Å². The zero-order valence-corrected chi connectivity index (χ0v) is 18.9. The molecule has 1 saturated heterocycles. The minimum atomic E-state index is -0.510. The Hall–Kier alpha value is -2.29. The van der Waals surface area contributed by atoms with Crippen molar-refractivity contribution in [3.63, 3.8) is 0 Å². The van der Waals surface area contributed by atoms with Gasteiger partial charge in [0.2, 0.25) is 0 Å². The summed E-state index contributed by atoms with van der Waals surface area (Å²) in [6, 6.07) is 5.64. The minimum Gasteiger partial charge on any atom is -0.493 e. The number of fused-ring (bicyclic) bond motifs is 1. The molecule has 2 aromatic heterocycles. The van der Waals surface area contributed by atoms with Gasteiger partial charge in [0.1, 0.15) is 11.6 Å². The number of nitrogens with zero attached hydrogens (tertiary/aromatic N) is 4. The molecule has 3 aromatic rings. The van der Waals surface area contributed by atoms with Crippen LogP contribution in [0.2, 0.25) is 0 Å². The molecule has 1 N–H and O–H groups in total. The van der Waals surface area contributed by atoms with Crippen molar-refractivity contribution in [1.29, 1.82) is 0 Å². The van der Waals surface area contributed by atoms with Crippen LogP contribution >= 0.6 is 8.73 Å². The van der Waals surface area contributed by atoms with Crippen LogP contribution < -0.4 is 15.8 Å². The zero-order chi connectivity index (χ0) is 21.7. The van der Waals surface area contributed by atoms with E-state index in [-0.39, 0.29) is 11.1 Å². The van der Waals surface area contributed by atoms with Gasteiger partial charge in [0, 0.05) is 8.73 Å². The van der Waals surface area contributed by atoms with Crippen molar-refractivity contribution in [1.82, 2.24) is 24.7 Å². The summed E-state index contributed by atoms with van der Waals surface area (Å²) in [6.07, 6.45) is 0. The molecule has 1 atom stereocenters. The smallest absolute Gasteiger partial charge is 0.493 e. The van der Waals surface area contributed by atoms with Crippen molar-refractivity contribution in [3.05, 3.63) is 28.6 Å². The van der Waals surface area contributed by atoms with Crippen LogP contribution in [0, 0.1) is 0 Å². The fraction of sp³-hybridized carbons (Fsp3) is 0.474. The van der Waals surface area contributed by atoms with Crippen LogP contribution in [0.5, 0.6) is 5.75 Å². The minimum absolute atomic E-state index is 0.222. The number of ether oxygens (including phenoxy) is 1. The quantitative estimate of drug-likeness (QED) is 0.489. The Balaban J connectivity index is 1.78.